The number of thiazole rings is 1. The Bertz CT molecular complexity index is 920. The summed E-state index contributed by atoms with van der Waals surface area (Å²) in [4.78, 5) is 22.0. The lowest BCUT2D eigenvalue weighted by Gasteiger charge is -2.35. The second kappa shape index (κ2) is 9.20. The second-order valence-corrected chi connectivity index (χ2v) is 8.27. The van der Waals surface area contributed by atoms with E-state index in [2.05, 4.69) is 50.4 Å². The van der Waals surface area contributed by atoms with E-state index in [9.17, 15) is 4.79 Å². The van der Waals surface area contributed by atoms with Crippen molar-refractivity contribution in [3.63, 3.8) is 0 Å². The van der Waals surface area contributed by atoms with Gasteiger partial charge in [-0.05, 0) is 24.6 Å². The van der Waals surface area contributed by atoms with Gasteiger partial charge in [-0.2, -0.15) is 0 Å². The molecule has 1 amide bonds. The Morgan fingerprint density at radius 2 is 1.69 bits per heavy atom. The largest absolute Gasteiger partial charge is 0.369 e. The average molecular weight is 407 g/mol. The molecule has 1 atom stereocenters. The van der Waals surface area contributed by atoms with Gasteiger partial charge in [0.1, 0.15) is 10.7 Å². The maximum absolute atomic E-state index is 12.5. The highest BCUT2D eigenvalue weighted by molar-refractivity contribution is 7.09. The van der Waals surface area contributed by atoms with Crippen LogP contribution >= 0.6 is 11.3 Å². The lowest BCUT2D eigenvalue weighted by atomic mass is 10.1. The molecule has 6 heteroatoms. The molecular formula is C23H26N4OS. The molecule has 0 spiro atoms. The molecule has 0 unspecified atom stereocenters. The third kappa shape index (κ3) is 5.02. The highest BCUT2D eigenvalue weighted by atomic mass is 32.1. The van der Waals surface area contributed by atoms with Crippen LogP contribution in [0.2, 0.25) is 0 Å². The van der Waals surface area contributed by atoms with E-state index in [-0.39, 0.29) is 11.9 Å². The number of carbonyl (C=O) groups excluding carboxylic acids is 1. The fourth-order valence-electron chi connectivity index (χ4n) is 3.58. The minimum atomic E-state index is -0.113. The summed E-state index contributed by atoms with van der Waals surface area (Å²) in [5.74, 6) is -0.113. The van der Waals surface area contributed by atoms with E-state index in [1.165, 1.54) is 5.69 Å². The molecule has 2 heterocycles. The number of anilines is 1. The van der Waals surface area contributed by atoms with E-state index in [0.29, 0.717) is 5.69 Å². The zero-order valence-electron chi connectivity index (χ0n) is 16.6. The SMILES string of the molecule is C[C@@H](NC(=O)c1csc(CN2CCN(c3ccccc3)CC2)n1)c1ccccc1. The fourth-order valence-corrected chi connectivity index (χ4v) is 4.39. The van der Waals surface area contributed by atoms with E-state index in [0.717, 1.165) is 43.3 Å². The number of para-hydroxylation sites is 1. The highest BCUT2D eigenvalue weighted by Gasteiger charge is 2.19. The molecule has 5 nitrogen and oxygen atoms in total. The number of hydrogen-bond donors (Lipinski definition) is 1. The minimum Gasteiger partial charge on any atom is -0.369 e. The molecular weight excluding hydrogens is 380 g/mol. The quantitative estimate of drug-likeness (QED) is 0.673. The summed E-state index contributed by atoms with van der Waals surface area (Å²) in [6.45, 7) is 6.82. The molecule has 1 fully saturated rings. The number of nitrogens with one attached hydrogen (secondary N) is 1. The van der Waals surface area contributed by atoms with Crippen LogP contribution in [0.1, 0.15) is 34.0 Å². The molecule has 3 aromatic rings. The summed E-state index contributed by atoms with van der Waals surface area (Å²) >= 11 is 1.56. The van der Waals surface area contributed by atoms with Crippen LogP contribution in [0, 0.1) is 0 Å². The van der Waals surface area contributed by atoms with Crippen molar-refractivity contribution < 1.29 is 4.79 Å². The molecule has 4 rings (SSSR count). The first-order valence-electron chi connectivity index (χ1n) is 10.0. The first-order chi connectivity index (χ1) is 14.2. The Hall–Kier alpha value is -2.70. The van der Waals surface area contributed by atoms with Crippen LogP contribution in [0.4, 0.5) is 5.69 Å². The smallest absolute Gasteiger partial charge is 0.271 e. The Labute approximate surface area is 176 Å². The summed E-state index contributed by atoms with van der Waals surface area (Å²) in [6, 6.07) is 20.5. The van der Waals surface area contributed by atoms with Crippen molar-refractivity contribution in [2.45, 2.75) is 19.5 Å². The van der Waals surface area contributed by atoms with Gasteiger partial charge in [0.25, 0.3) is 5.91 Å². The van der Waals surface area contributed by atoms with Gasteiger partial charge in [-0.25, -0.2) is 4.98 Å². The van der Waals surface area contributed by atoms with Crippen LogP contribution in [0.3, 0.4) is 0 Å². The van der Waals surface area contributed by atoms with Crippen molar-refractivity contribution >= 4 is 22.9 Å². The van der Waals surface area contributed by atoms with Crippen LogP contribution in [-0.2, 0) is 6.54 Å². The van der Waals surface area contributed by atoms with Gasteiger partial charge in [-0.15, -0.1) is 11.3 Å². The van der Waals surface area contributed by atoms with Gasteiger partial charge in [0.15, 0.2) is 0 Å². The third-order valence-electron chi connectivity index (χ3n) is 5.28. The standard InChI is InChI=1S/C23H26N4OS/c1-18(19-8-4-2-5-9-19)24-23(28)21-17-29-22(25-21)16-26-12-14-27(15-13-26)20-10-6-3-7-11-20/h2-11,17-18H,12-16H2,1H3,(H,24,28)/t18-/m1/s1. The normalized spacial score (nSPS) is 15.8. The molecule has 1 aliphatic rings. The van der Waals surface area contributed by atoms with Gasteiger partial charge in [0, 0.05) is 37.2 Å². The maximum atomic E-state index is 12.5. The van der Waals surface area contributed by atoms with Gasteiger partial charge in [-0.3, -0.25) is 9.69 Å². The molecule has 150 valence electrons. The van der Waals surface area contributed by atoms with Crippen molar-refractivity contribution in [2.75, 3.05) is 31.1 Å². The van der Waals surface area contributed by atoms with E-state index in [1.54, 1.807) is 11.3 Å². The Balaban J connectivity index is 1.29. The van der Waals surface area contributed by atoms with Crippen LogP contribution < -0.4 is 10.2 Å². The summed E-state index contributed by atoms with van der Waals surface area (Å²) < 4.78 is 0. The summed E-state index contributed by atoms with van der Waals surface area (Å²) in [5.41, 5.74) is 2.89. The number of carbonyl (C=O) groups is 1. The number of piperazine rings is 1. The number of aromatic nitrogens is 1. The molecule has 1 aliphatic heterocycles. The molecule has 0 radical (unpaired) electrons. The zero-order valence-corrected chi connectivity index (χ0v) is 17.4. The predicted molar refractivity (Wildman–Crippen MR) is 118 cm³/mol. The molecule has 1 aromatic heterocycles. The molecule has 0 saturated carbocycles. The van der Waals surface area contributed by atoms with Gasteiger partial charge < -0.3 is 10.2 Å². The van der Waals surface area contributed by atoms with Crippen molar-refractivity contribution in [2.24, 2.45) is 0 Å². The average Bonchev–Trinajstić information content (AvgIpc) is 3.24. The summed E-state index contributed by atoms with van der Waals surface area (Å²) in [6.07, 6.45) is 0. The predicted octanol–water partition coefficient (Wildman–Crippen LogP) is 3.96. The van der Waals surface area contributed by atoms with E-state index >= 15 is 0 Å². The fraction of sp³-hybridized carbons (Fsp3) is 0.304. The third-order valence-corrected chi connectivity index (χ3v) is 6.12. The second-order valence-electron chi connectivity index (χ2n) is 7.33. The summed E-state index contributed by atoms with van der Waals surface area (Å²) in [7, 11) is 0. The lowest BCUT2D eigenvalue weighted by Crippen LogP contribution is -2.45. The first kappa shape index (κ1) is 19.6. The Morgan fingerprint density at radius 1 is 1.03 bits per heavy atom. The number of rotatable bonds is 6. The molecule has 2 aromatic carbocycles. The van der Waals surface area contributed by atoms with Crippen molar-refractivity contribution in [1.29, 1.82) is 0 Å². The molecule has 1 saturated heterocycles. The Morgan fingerprint density at radius 3 is 2.38 bits per heavy atom. The number of hydrogen-bond acceptors (Lipinski definition) is 5. The van der Waals surface area contributed by atoms with Crippen molar-refractivity contribution in [1.82, 2.24) is 15.2 Å². The van der Waals surface area contributed by atoms with Gasteiger partial charge in [0.2, 0.25) is 0 Å². The molecule has 29 heavy (non-hydrogen) atoms. The van der Waals surface area contributed by atoms with E-state index in [1.807, 2.05) is 42.6 Å². The van der Waals surface area contributed by atoms with Crippen LogP contribution in [0.25, 0.3) is 0 Å². The van der Waals surface area contributed by atoms with Crippen LogP contribution in [0.5, 0.6) is 0 Å². The molecule has 0 bridgehead atoms. The van der Waals surface area contributed by atoms with Crippen molar-refractivity contribution in [3.05, 3.63) is 82.3 Å². The maximum Gasteiger partial charge on any atom is 0.271 e. The van der Waals surface area contributed by atoms with Crippen LogP contribution in [-0.4, -0.2) is 42.0 Å². The lowest BCUT2D eigenvalue weighted by molar-refractivity contribution is 0.0935. The van der Waals surface area contributed by atoms with Crippen molar-refractivity contribution in [3.8, 4) is 0 Å². The minimum absolute atomic E-state index is 0.0417. The van der Waals surface area contributed by atoms with Gasteiger partial charge >= 0.3 is 0 Å². The van der Waals surface area contributed by atoms with E-state index in [4.69, 9.17) is 0 Å². The number of nitrogens with zero attached hydrogens (tertiary/aromatic N) is 3. The number of benzene rings is 2. The molecule has 1 N–H and O–H groups in total. The first-order valence-corrected chi connectivity index (χ1v) is 10.9. The zero-order chi connectivity index (χ0) is 20.1. The molecule has 0 aliphatic carbocycles. The van der Waals surface area contributed by atoms with Crippen LogP contribution in [0.15, 0.2) is 66.0 Å². The number of amides is 1. The highest BCUT2D eigenvalue weighted by Crippen LogP contribution is 2.19. The van der Waals surface area contributed by atoms with Gasteiger partial charge in [0.05, 0.1) is 12.6 Å². The van der Waals surface area contributed by atoms with Gasteiger partial charge in [-0.1, -0.05) is 48.5 Å². The Kier molecular flexibility index (Phi) is 6.22. The topological polar surface area (TPSA) is 48.5 Å². The monoisotopic (exact) mass is 406 g/mol. The summed E-state index contributed by atoms with van der Waals surface area (Å²) in [5, 5.41) is 5.90. The van der Waals surface area contributed by atoms with E-state index < -0.39 is 0 Å².